The first-order chi connectivity index (χ1) is 12.6. The molecule has 3 heteroatoms. The summed E-state index contributed by atoms with van der Waals surface area (Å²) in [6.07, 6.45) is 3.87. The number of fused-ring (bicyclic) bond motifs is 3. The lowest BCUT2D eigenvalue weighted by atomic mass is 9.84. The summed E-state index contributed by atoms with van der Waals surface area (Å²) in [5.41, 5.74) is 6.39. The Kier molecular flexibility index (Phi) is 3.78. The molecule has 2 heterocycles. The fourth-order valence-corrected chi connectivity index (χ4v) is 3.70. The summed E-state index contributed by atoms with van der Waals surface area (Å²) in [5, 5.41) is 2.57. The summed E-state index contributed by atoms with van der Waals surface area (Å²) >= 11 is 0. The normalized spacial score (nSPS) is 13.0. The summed E-state index contributed by atoms with van der Waals surface area (Å²) in [7, 11) is 2.05. The third kappa shape index (κ3) is 2.95. The molecule has 2 aromatic carbocycles. The summed E-state index contributed by atoms with van der Waals surface area (Å²) in [5.74, 6) is 0.994. The molecule has 27 heavy (non-hydrogen) atoms. The van der Waals surface area contributed by atoms with Crippen LogP contribution in [0.5, 0.6) is 0 Å². The van der Waals surface area contributed by atoms with E-state index in [1.54, 1.807) is 0 Å². The molecule has 140 valence electrons. The molecule has 0 spiro atoms. The lowest BCUT2D eigenvalue weighted by Gasteiger charge is -2.21. The highest BCUT2D eigenvalue weighted by Crippen LogP contribution is 2.38. The van der Waals surface area contributed by atoms with E-state index >= 15 is 0 Å². The molecule has 0 saturated carbocycles. The van der Waals surface area contributed by atoms with Gasteiger partial charge >= 0.3 is 0 Å². The van der Waals surface area contributed by atoms with Crippen molar-refractivity contribution in [3.05, 3.63) is 53.9 Å². The van der Waals surface area contributed by atoms with Gasteiger partial charge in [0.15, 0.2) is 0 Å². The van der Waals surface area contributed by atoms with Gasteiger partial charge in [-0.1, -0.05) is 47.6 Å². The van der Waals surface area contributed by atoms with Crippen LogP contribution in [0.3, 0.4) is 0 Å². The maximum Gasteiger partial charge on any atom is 0.141 e. The van der Waals surface area contributed by atoms with Crippen molar-refractivity contribution in [3.8, 4) is 11.4 Å². The van der Waals surface area contributed by atoms with Gasteiger partial charge in [-0.15, -0.1) is 0 Å². The molecule has 0 radical (unpaired) electrons. The average molecular weight is 360 g/mol. The number of benzene rings is 2. The molecule has 0 atom stereocenters. The first-order valence-electron chi connectivity index (χ1n) is 9.64. The summed E-state index contributed by atoms with van der Waals surface area (Å²) in [6.45, 7) is 13.6. The van der Waals surface area contributed by atoms with Crippen LogP contribution in [0.25, 0.3) is 33.2 Å². The van der Waals surface area contributed by atoms with Gasteiger partial charge < -0.3 is 9.55 Å². The highest BCUT2D eigenvalue weighted by atomic mass is 15.0. The smallest absolute Gasteiger partial charge is 0.141 e. The Balaban J connectivity index is 2.12. The van der Waals surface area contributed by atoms with Crippen molar-refractivity contribution in [2.75, 3.05) is 0 Å². The van der Waals surface area contributed by atoms with E-state index in [0.29, 0.717) is 0 Å². The van der Waals surface area contributed by atoms with Crippen molar-refractivity contribution in [2.45, 2.75) is 52.4 Å². The number of nitrogens with zero attached hydrogens (tertiary/aromatic N) is 2. The molecule has 0 bridgehead atoms. The molecule has 0 fully saturated rings. The number of H-pyrrole nitrogens is 1. The molecule has 4 rings (SSSR count). The molecule has 4 aromatic rings. The zero-order valence-corrected chi connectivity index (χ0v) is 17.4. The topological polar surface area (TPSA) is 33.6 Å². The van der Waals surface area contributed by atoms with E-state index in [1.807, 2.05) is 12.4 Å². The molecule has 0 saturated heterocycles. The van der Waals surface area contributed by atoms with Gasteiger partial charge in [0.1, 0.15) is 5.82 Å². The lowest BCUT2D eigenvalue weighted by Crippen LogP contribution is -2.11. The van der Waals surface area contributed by atoms with Crippen molar-refractivity contribution < 1.29 is 0 Å². The lowest BCUT2D eigenvalue weighted by molar-refractivity contribution is 0.590. The van der Waals surface area contributed by atoms with Crippen LogP contribution >= 0.6 is 0 Å². The zero-order valence-electron chi connectivity index (χ0n) is 17.4. The molecule has 1 N–H and O–H groups in total. The summed E-state index contributed by atoms with van der Waals surface area (Å²) in [4.78, 5) is 8.30. The fourth-order valence-electron chi connectivity index (χ4n) is 3.70. The molecule has 3 nitrogen and oxygen atoms in total. The Hall–Kier alpha value is -2.55. The van der Waals surface area contributed by atoms with Gasteiger partial charge in [-0.25, -0.2) is 4.98 Å². The van der Waals surface area contributed by atoms with Gasteiger partial charge in [-0.3, -0.25) is 0 Å². The molecular weight excluding hydrogens is 330 g/mol. The van der Waals surface area contributed by atoms with Crippen LogP contribution < -0.4 is 0 Å². The van der Waals surface area contributed by atoms with Gasteiger partial charge in [-0.2, -0.15) is 0 Å². The molecule has 0 aliphatic rings. The number of nitrogens with one attached hydrogen (secondary N) is 1. The molecule has 0 unspecified atom stereocenters. The van der Waals surface area contributed by atoms with Crippen LogP contribution in [0, 0.1) is 0 Å². The van der Waals surface area contributed by atoms with Crippen molar-refractivity contribution in [3.63, 3.8) is 0 Å². The minimum atomic E-state index is 0.0688. The Morgan fingerprint density at radius 1 is 0.852 bits per heavy atom. The van der Waals surface area contributed by atoms with Gasteiger partial charge in [-0.05, 0) is 46.2 Å². The summed E-state index contributed by atoms with van der Waals surface area (Å²) < 4.78 is 2.09. The maximum atomic E-state index is 4.63. The largest absolute Gasteiger partial charge is 0.354 e. The Morgan fingerprint density at radius 3 is 2.11 bits per heavy atom. The van der Waals surface area contributed by atoms with Gasteiger partial charge in [0.25, 0.3) is 0 Å². The number of rotatable bonds is 1. The van der Waals surface area contributed by atoms with E-state index in [1.165, 1.54) is 38.5 Å². The van der Waals surface area contributed by atoms with E-state index in [9.17, 15) is 0 Å². The van der Waals surface area contributed by atoms with E-state index in [-0.39, 0.29) is 10.8 Å². The van der Waals surface area contributed by atoms with Crippen LogP contribution in [0.15, 0.2) is 42.7 Å². The first kappa shape index (κ1) is 17.8. The van der Waals surface area contributed by atoms with Gasteiger partial charge in [0.05, 0.1) is 5.52 Å². The maximum absolute atomic E-state index is 4.63. The van der Waals surface area contributed by atoms with Gasteiger partial charge in [0, 0.05) is 41.3 Å². The number of aromatic amines is 1. The van der Waals surface area contributed by atoms with Crippen LogP contribution in [0.1, 0.15) is 52.7 Å². The monoisotopic (exact) mass is 359 g/mol. The van der Waals surface area contributed by atoms with Crippen molar-refractivity contribution >= 4 is 21.8 Å². The second-order valence-electron chi connectivity index (χ2n) is 9.69. The van der Waals surface area contributed by atoms with Crippen molar-refractivity contribution in [2.24, 2.45) is 7.05 Å². The third-order valence-electron chi connectivity index (χ3n) is 5.50. The number of imidazole rings is 1. The van der Waals surface area contributed by atoms with Crippen LogP contribution in [-0.2, 0) is 17.9 Å². The van der Waals surface area contributed by atoms with E-state index in [4.69, 9.17) is 0 Å². The van der Waals surface area contributed by atoms with Crippen LogP contribution in [0.4, 0.5) is 0 Å². The van der Waals surface area contributed by atoms with Crippen molar-refractivity contribution in [1.29, 1.82) is 0 Å². The summed E-state index contributed by atoms with van der Waals surface area (Å²) in [6, 6.07) is 11.5. The van der Waals surface area contributed by atoms with Crippen LogP contribution in [0.2, 0.25) is 0 Å². The quantitative estimate of drug-likeness (QED) is 0.424. The number of hydrogen-bond acceptors (Lipinski definition) is 1. The Bertz CT molecular complexity index is 1140. The molecule has 0 aliphatic heterocycles. The predicted octanol–water partition coefficient (Wildman–Crippen LogP) is 6.32. The highest BCUT2D eigenvalue weighted by molar-refractivity contribution is 6.12. The Morgan fingerprint density at radius 2 is 1.52 bits per heavy atom. The molecule has 2 aromatic heterocycles. The second kappa shape index (κ2) is 5.72. The minimum absolute atomic E-state index is 0.0688. The van der Waals surface area contributed by atoms with Gasteiger partial charge in [0.2, 0.25) is 0 Å². The number of aromatic nitrogens is 3. The minimum Gasteiger partial charge on any atom is -0.354 e. The fraction of sp³-hybridized carbons (Fsp3) is 0.375. The van der Waals surface area contributed by atoms with E-state index in [2.05, 4.69) is 93.5 Å². The predicted molar refractivity (Wildman–Crippen MR) is 115 cm³/mol. The highest BCUT2D eigenvalue weighted by Gasteiger charge is 2.21. The molecule has 0 aliphatic carbocycles. The number of aryl methyl sites for hydroxylation is 1. The second-order valence-corrected chi connectivity index (χ2v) is 9.69. The molecular formula is C24H29N3. The average Bonchev–Trinajstić information content (AvgIpc) is 3.15. The third-order valence-corrected chi connectivity index (χ3v) is 5.50. The number of hydrogen-bond donors (Lipinski definition) is 1. The van der Waals surface area contributed by atoms with Crippen LogP contribution in [-0.4, -0.2) is 14.5 Å². The molecule has 0 amide bonds. The standard InChI is InChI=1S/C24H29N3/c1-23(2,3)15-8-9-20-17(12-15)18-13-16(24(4,5)6)14-19(21(18)26-20)22-25-10-11-27(22)7/h8-14,26H,1-7H3. The van der Waals surface area contributed by atoms with Crippen molar-refractivity contribution in [1.82, 2.24) is 14.5 Å². The first-order valence-corrected chi connectivity index (χ1v) is 9.64. The van der Waals surface area contributed by atoms with E-state index < -0.39 is 0 Å². The van der Waals surface area contributed by atoms with E-state index in [0.717, 1.165) is 5.82 Å². The zero-order chi connectivity index (χ0) is 19.6. The SMILES string of the molecule is Cn1ccnc1-c1cc(C(C)(C)C)cc2c1[nH]c1ccc(C(C)(C)C)cc12. The Labute approximate surface area is 161 Å².